The van der Waals surface area contributed by atoms with Crippen LogP contribution in [-0.2, 0) is 0 Å². The molecule has 4 fully saturated rings. The number of benzene rings is 1. The average Bonchev–Trinajstić information content (AvgIpc) is 2.83. The van der Waals surface area contributed by atoms with Crippen molar-refractivity contribution in [2.75, 3.05) is 0 Å². The molecule has 178 valence electrons. The molecule has 2 N–H and O–H groups in total. The highest BCUT2D eigenvalue weighted by molar-refractivity contribution is 5.94. The van der Waals surface area contributed by atoms with Gasteiger partial charge in [0.05, 0.1) is 17.6 Å². The number of aromatic nitrogens is 4. The molecule has 0 radical (unpaired) electrons. The number of hydrogen-bond donors (Lipinski definition) is 2. The summed E-state index contributed by atoms with van der Waals surface area (Å²) >= 11 is 0. The molecule has 3 aromatic rings. The first-order valence-corrected chi connectivity index (χ1v) is 12.2. The minimum atomic E-state index is -0.343. The average molecular weight is 469 g/mol. The molecule has 2 atom stereocenters. The van der Waals surface area contributed by atoms with Gasteiger partial charge in [-0.05, 0) is 63.4 Å². The molecule has 2 heterocycles. The van der Waals surface area contributed by atoms with Gasteiger partial charge in [0, 0.05) is 22.8 Å². The van der Waals surface area contributed by atoms with Crippen LogP contribution in [0.25, 0.3) is 11.3 Å². The lowest BCUT2D eigenvalue weighted by atomic mass is 9.49. The highest BCUT2D eigenvalue weighted by Crippen LogP contribution is 2.57. The quantitative estimate of drug-likeness (QED) is 0.593. The lowest BCUT2D eigenvalue weighted by Gasteiger charge is -2.62. The van der Waals surface area contributed by atoms with Crippen molar-refractivity contribution in [1.29, 1.82) is 0 Å². The van der Waals surface area contributed by atoms with Crippen LogP contribution in [0.1, 0.15) is 65.2 Å². The Kier molecular flexibility index (Phi) is 5.12. The molecule has 4 bridgehead atoms. The van der Waals surface area contributed by atoms with E-state index in [1.54, 1.807) is 12.3 Å². The second kappa shape index (κ2) is 8.22. The second-order valence-corrected chi connectivity index (χ2v) is 10.6. The molecule has 4 aliphatic carbocycles. The Morgan fingerprint density at radius 3 is 2.20 bits per heavy atom. The third-order valence-corrected chi connectivity index (χ3v) is 7.78. The molecule has 8 nitrogen and oxygen atoms in total. The van der Waals surface area contributed by atoms with Crippen molar-refractivity contribution in [3.05, 3.63) is 72.2 Å². The summed E-state index contributed by atoms with van der Waals surface area (Å²) in [7, 11) is 0. The number of carbonyl (C=O) groups excluding carboxylic acids is 2. The predicted molar refractivity (Wildman–Crippen MR) is 129 cm³/mol. The Morgan fingerprint density at radius 2 is 1.54 bits per heavy atom. The van der Waals surface area contributed by atoms with E-state index in [4.69, 9.17) is 0 Å². The predicted octanol–water partition coefficient (Wildman–Crippen LogP) is 3.49. The molecule has 8 heteroatoms. The van der Waals surface area contributed by atoms with E-state index in [1.165, 1.54) is 12.5 Å². The summed E-state index contributed by atoms with van der Waals surface area (Å²) in [4.78, 5) is 43.6. The maximum absolute atomic E-state index is 13.4. The molecule has 0 spiro atoms. The normalized spacial score (nSPS) is 28.5. The van der Waals surface area contributed by atoms with Crippen molar-refractivity contribution in [1.82, 2.24) is 30.6 Å². The molecule has 2 aromatic heterocycles. The van der Waals surface area contributed by atoms with E-state index < -0.39 is 0 Å². The lowest BCUT2D eigenvalue weighted by Crippen LogP contribution is -2.70. The van der Waals surface area contributed by atoms with Gasteiger partial charge in [0.1, 0.15) is 17.7 Å². The van der Waals surface area contributed by atoms with E-state index in [0.29, 0.717) is 28.9 Å². The number of aryl methyl sites for hydroxylation is 1. The second-order valence-electron chi connectivity index (χ2n) is 10.6. The standard InChI is InChI=1S/C27H28N6O2/c1-17-13-28-14-23(31-17)25(35)33-27-11-18-7-19(12-27)10-26(9-18,15-27)32-24(34)22-8-21(29-16-30-22)20-5-3-2-4-6-20/h2-6,8,13-14,16,18-19H,7,9-12,15H2,1H3,(H,32,34)(H,33,35). The summed E-state index contributed by atoms with van der Waals surface area (Å²) in [6, 6.07) is 11.5. The van der Waals surface area contributed by atoms with Gasteiger partial charge >= 0.3 is 0 Å². The minimum Gasteiger partial charge on any atom is -0.345 e. The van der Waals surface area contributed by atoms with E-state index in [2.05, 4.69) is 30.6 Å². The molecule has 2 unspecified atom stereocenters. The zero-order valence-corrected chi connectivity index (χ0v) is 19.7. The van der Waals surface area contributed by atoms with Crippen LogP contribution >= 0.6 is 0 Å². The van der Waals surface area contributed by atoms with Crippen LogP contribution in [0.4, 0.5) is 0 Å². The van der Waals surface area contributed by atoms with Gasteiger partial charge in [0.2, 0.25) is 0 Å². The molecular weight excluding hydrogens is 440 g/mol. The number of amides is 2. The Hall–Kier alpha value is -3.68. The fourth-order valence-corrected chi connectivity index (χ4v) is 6.99. The van der Waals surface area contributed by atoms with Crippen LogP contribution < -0.4 is 10.6 Å². The maximum atomic E-state index is 13.4. The van der Waals surface area contributed by atoms with Gasteiger partial charge in [-0.2, -0.15) is 0 Å². The van der Waals surface area contributed by atoms with Gasteiger partial charge < -0.3 is 10.6 Å². The molecular formula is C27H28N6O2. The van der Waals surface area contributed by atoms with Crippen LogP contribution in [-0.4, -0.2) is 42.8 Å². The van der Waals surface area contributed by atoms with E-state index in [0.717, 1.165) is 49.8 Å². The molecule has 1 aromatic carbocycles. The van der Waals surface area contributed by atoms with Crippen molar-refractivity contribution in [3.63, 3.8) is 0 Å². The Bertz CT molecular complexity index is 1280. The molecule has 0 saturated heterocycles. The van der Waals surface area contributed by atoms with Crippen molar-refractivity contribution in [3.8, 4) is 11.3 Å². The fraction of sp³-hybridized carbons (Fsp3) is 0.407. The largest absolute Gasteiger partial charge is 0.345 e. The van der Waals surface area contributed by atoms with E-state index >= 15 is 0 Å². The van der Waals surface area contributed by atoms with Crippen molar-refractivity contribution in [2.24, 2.45) is 11.8 Å². The summed E-state index contributed by atoms with van der Waals surface area (Å²) in [5.41, 5.74) is 2.41. The Labute approximate surface area is 204 Å². The molecule has 4 saturated carbocycles. The highest BCUT2D eigenvalue weighted by atomic mass is 16.2. The van der Waals surface area contributed by atoms with Crippen LogP contribution in [0.15, 0.2) is 55.1 Å². The summed E-state index contributed by atoms with van der Waals surface area (Å²) in [5, 5.41) is 6.68. The molecule has 4 aliphatic rings. The first kappa shape index (κ1) is 21.8. The van der Waals surface area contributed by atoms with Gasteiger partial charge in [0.15, 0.2) is 0 Å². The van der Waals surface area contributed by atoms with Gasteiger partial charge in [-0.15, -0.1) is 0 Å². The van der Waals surface area contributed by atoms with Gasteiger partial charge in [-0.3, -0.25) is 14.6 Å². The third-order valence-electron chi connectivity index (χ3n) is 7.78. The Balaban J connectivity index is 1.23. The number of nitrogens with zero attached hydrogens (tertiary/aromatic N) is 4. The molecule has 2 amide bonds. The zero-order valence-electron chi connectivity index (χ0n) is 19.7. The summed E-state index contributed by atoms with van der Waals surface area (Å²) in [6.45, 7) is 1.83. The van der Waals surface area contributed by atoms with Crippen LogP contribution in [0, 0.1) is 18.8 Å². The zero-order chi connectivity index (χ0) is 24.0. The number of hydrogen-bond acceptors (Lipinski definition) is 6. The monoisotopic (exact) mass is 468 g/mol. The van der Waals surface area contributed by atoms with Crippen LogP contribution in [0.2, 0.25) is 0 Å². The maximum Gasteiger partial charge on any atom is 0.271 e. The molecule has 7 rings (SSSR count). The SMILES string of the molecule is Cc1cncc(C(=O)NC23CC4CC(CC(NC(=O)c5cc(-c6ccccc6)ncn5)(C4)C2)C3)n1. The van der Waals surface area contributed by atoms with E-state index in [9.17, 15) is 9.59 Å². The van der Waals surface area contributed by atoms with E-state index in [1.807, 2.05) is 37.3 Å². The topological polar surface area (TPSA) is 110 Å². The molecule has 0 aliphatic heterocycles. The van der Waals surface area contributed by atoms with Crippen LogP contribution in [0.5, 0.6) is 0 Å². The number of carbonyl (C=O) groups is 2. The summed E-state index contributed by atoms with van der Waals surface area (Å²) < 4.78 is 0. The third kappa shape index (κ3) is 4.17. The fourth-order valence-electron chi connectivity index (χ4n) is 6.99. The smallest absolute Gasteiger partial charge is 0.271 e. The van der Waals surface area contributed by atoms with E-state index in [-0.39, 0.29) is 22.9 Å². The van der Waals surface area contributed by atoms with Gasteiger partial charge in [0.25, 0.3) is 11.8 Å². The number of rotatable bonds is 5. The van der Waals surface area contributed by atoms with Gasteiger partial charge in [-0.25, -0.2) is 15.0 Å². The van der Waals surface area contributed by atoms with Crippen molar-refractivity contribution >= 4 is 11.8 Å². The first-order chi connectivity index (χ1) is 16.9. The van der Waals surface area contributed by atoms with Crippen molar-refractivity contribution in [2.45, 2.75) is 56.5 Å². The van der Waals surface area contributed by atoms with Crippen molar-refractivity contribution < 1.29 is 9.59 Å². The highest BCUT2D eigenvalue weighted by Gasteiger charge is 2.59. The van der Waals surface area contributed by atoms with Gasteiger partial charge in [-0.1, -0.05) is 30.3 Å². The number of nitrogens with one attached hydrogen (secondary N) is 2. The summed E-state index contributed by atoms with van der Waals surface area (Å²) in [6.07, 6.45) is 10.2. The lowest BCUT2D eigenvalue weighted by molar-refractivity contribution is -0.0449. The minimum absolute atomic E-state index is 0.183. The molecule has 35 heavy (non-hydrogen) atoms. The Morgan fingerprint density at radius 1 is 0.886 bits per heavy atom. The first-order valence-electron chi connectivity index (χ1n) is 12.2. The van der Waals surface area contributed by atoms with Crippen LogP contribution in [0.3, 0.4) is 0 Å². The summed E-state index contributed by atoms with van der Waals surface area (Å²) in [5.74, 6) is 0.585.